The Balaban J connectivity index is 1.06. The molecule has 0 spiro atoms. The Kier molecular flexibility index (Phi) is 11.3. The molecule has 5 aromatic rings. The normalized spacial score (nSPS) is 17.7. The number of ketones is 1. The molecule has 4 heterocycles. The zero-order chi connectivity index (χ0) is 38.5. The molecule has 2 saturated heterocycles. The molecule has 2 aliphatic rings. The molecule has 1 unspecified atom stereocenters. The van der Waals surface area contributed by atoms with Crippen molar-refractivity contribution in [2.24, 2.45) is 5.92 Å². The van der Waals surface area contributed by atoms with Gasteiger partial charge in [-0.15, -0.1) is 0 Å². The van der Waals surface area contributed by atoms with Crippen molar-refractivity contribution in [3.05, 3.63) is 113 Å². The highest BCUT2D eigenvalue weighted by atomic mass is 16.5. The van der Waals surface area contributed by atoms with Crippen LogP contribution in [-0.4, -0.2) is 88.9 Å². The van der Waals surface area contributed by atoms with Crippen molar-refractivity contribution in [3.8, 4) is 17.2 Å². The summed E-state index contributed by atoms with van der Waals surface area (Å²) in [7, 11) is 3.07. The highest BCUT2D eigenvalue weighted by Gasteiger charge is 2.43. The zero-order valence-electron chi connectivity index (χ0n) is 32.1. The fourth-order valence-electron chi connectivity index (χ4n) is 8.43. The van der Waals surface area contributed by atoms with Gasteiger partial charge in [0.05, 0.1) is 43.1 Å². The fourth-order valence-corrected chi connectivity index (χ4v) is 8.43. The maximum Gasteiger partial charge on any atom is 0.308 e. The Labute approximate surface area is 322 Å². The molecule has 11 nitrogen and oxygen atoms in total. The molecule has 0 saturated carbocycles. The number of hydrogen-bond donors (Lipinski definition) is 0. The molecule has 1 atom stereocenters. The van der Waals surface area contributed by atoms with E-state index < -0.39 is 5.97 Å². The van der Waals surface area contributed by atoms with E-state index in [0.717, 1.165) is 62.0 Å². The number of esters is 1. The van der Waals surface area contributed by atoms with Crippen LogP contribution in [-0.2, 0) is 23.2 Å². The predicted octanol–water partition coefficient (Wildman–Crippen LogP) is 6.75. The molecular weight excluding hydrogens is 695 g/mol. The molecule has 55 heavy (non-hydrogen) atoms. The van der Waals surface area contributed by atoms with Gasteiger partial charge in [-0.1, -0.05) is 55.5 Å². The fraction of sp³-hybridized carbons (Fsp3) is 0.386. The van der Waals surface area contributed by atoms with Crippen molar-refractivity contribution in [2.45, 2.75) is 57.9 Å². The van der Waals surface area contributed by atoms with Gasteiger partial charge in [-0.2, -0.15) is 0 Å². The molecule has 0 bridgehead atoms. The van der Waals surface area contributed by atoms with Crippen LogP contribution in [0.5, 0.6) is 17.2 Å². The topological polar surface area (TPSA) is 116 Å². The lowest BCUT2D eigenvalue weighted by Gasteiger charge is -2.36. The van der Waals surface area contributed by atoms with Crippen LogP contribution in [0.15, 0.2) is 85.1 Å². The Bertz CT molecular complexity index is 2160. The first kappa shape index (κ1) is 37.8. The third-order valence-electron chi connectivity index (χ3n) is 11.4. The van der Waals surface area contributed by atoms with E-state index in [4.69, 9.17) is 19.2 Å². The van der Waals surface area contributed by atoms with Gasteiger partial charge in [-0.25, -0.2) is 4.98 Å². The number of carbonyl (C=O) groups is 3. The number of amides is 1. The van der Waals surface area contributed by atoms with Crippen LogP contribution in [0.3, 0.4) is 0 Å². The van der Waals surface area contributed by atoms with E-state index in [9.17, 15) is 14.4 Å². The number of likely N-dealkylation sites (tertiary alicyclic amines) is 2. The van der Waals surface area contributed by atoms with Crippen molar-refractivity contribution in [2.75, 3.05) is 46.9 Å². The second-order valence-electron chi connectivity index (χ2n) is 14.6. The number of methoxy groups -OCH3 is 2. The second-order valence-corrected chi connectivity index (χ2v) is 14.6. The predicted molar refractivity (Wildman–Crippen MR) is 210 cm³/mol. The van der Waals surface area contributed by atoms with Crippen molar-refractivity contribution < 1.29 is 28.6 Å². The number of carbonyl (C=O) groups excluding carboxylic acids is 3. The van der Waals surface area contributed by atoms with E-state index in [-0.39, 0.29) is 34.3 Å². The number of ether oxygens (including phenoxy) is 3. The monoisotopic (exact) mass is 743 g/mol. The van der Waals surface area contributed by atoms with Crippen LogP contribution in [0, 0.1) is 5.92 Å². The highest BCUT2D eigenvalue weighted by Crippen LogP contribution is 2.44. The number of Topliss-reactive ketones (excluding diaryl/α,β-unsaturated/α-hetero) is 1. The van der Waals surface area contributed by atoms with Crippen molar-refractivity contribution >= 4 is 28.7 Å². The minimum atomic E-state index is -0.510. The van der Waals surface area contributed by atoms with Gasteiger partial charge in [0.15, 0.2) is 23.1 Å². The summed E-state index contributed by atoms with van der Waals surface area (Å²) in [4.78, 5) is 54.4. The molecule has 2 aromatic heterocycles. The Hall–Kier alpha value is -5.55. The van der Waals surface area contributed by atoms with E-state index in [0.29, 0.717) is 48.9 Å². The van der Waals surface area contributed by atoms with Crippen LogP contribution < -0.4 is 14.2 Å². The maximum atomic E-state index is 14.4. The van der Waals surface area contributed by atoms with Crippen molar-refractivity contribution in [3.63, 3.8) is 0 Å². The van der Waals surface area contributed by atoms with E-state index >= 15 is 0 Å². The highest BCUT2D eigenvalue weighted by molar-refractivity contribution is 6.00. The average Bonchev–Trinajstić information content (AvgIpc) is 3.83. The van der Waals surface area contributed by atoms with Gasteiger partial charge in [0, 0.05) is 49.2 Å². The van der Waals surface area contributed by atoms with E-state index in [1.807, 2.05) is 64.9 Å². The Morgan fingerprint density at radius 3 is 2.33 bits per heavy atom. The minimum absolute atomic E-state index is 0.0898. The first-order chi connectivity index (χ1) is 26.7. The standard InChI is InChI=1S/C44H49N5O6/c1-5-34-40(55-30(2)50)35(27-38(53-3)41(34)54-4)43(52)48-26-21-44(29-48,32-13-7-6-8-14-32)20-25-47-23-18-31(19-24-47)39(51)42-46-36-16-9-10-17-37(36)49(42)28-33-15-11-12-22-45-33/h6-17,22,27,31H,5,18-21,23-26,28-29H2,1-4H3. The van der Waals surface area contributed by atoms with Gasteiger partial charge in [-0.3, -0.25) is 19.4 Å². The molecule has 286 valence electrons. The van der Waals surface area contributed by atoms with Gasteiger partial charge >= 0.3 is 5.97 Å². The number of pyridine rings is 1. The van der Waals surface area contributed by atoms with Crippen LogP contribution in [0.4, 0.5) is 0 Å². The summed E-state index contributed by atoms with van der Waals surface area (Å²) in [5.41, 5.74) is 4.45. The Morgan fingerprint density at radius 2 is 1.64 bits per heavy atom. The van der Waals surface area contributed by atoms with Gasteiger partial charge in [-0.05, 0) is 81.6 Å². The lowest BCUT2D eigenvalue weighted by molar-refractivity contribution is -0.131. The first-order valence-electron chi connectivity index (χ1n) is 19.2. The summed E-state index contributed by atoms with van der Waals surface area (Å²) in [6.07, 6.45) is 5.41. The number of imidazole rings is 1. The number of hydrogen-bond acceptors (Lipinski definition) is 9. The molecule has 11 heteroatoms. The van der Waals surface area contributed by atoms with Crippen LogP contribution >= 0.6 is 0 Å². The van der Waals surface area contributed by atoms with Crippen LogP contribution in [0.1, 0.15) is 77.3 Å². The smallest absolute Gasteiger partial charge is 0.308 e. The maximum absolute atomic E-state index is 14.4. The largest absolute Gasteiger partial charge is 0.493 e. The van der Waals surface area contributed by atoms with Crippen LogP contribution in [0.25, 0.3) is 11.0 Å². The molecule has 0 aliphatic carbocycles. The third-order valence-corrected chi connectivity index (χ3v) is 11.4. The van der Waals surface area contributed by atoms with Gasteiger partial charge in [0.25, 0.3) is 5.91 Å². The van der Waals surface area contributed by atoms with Gasteiger partial charge in [0.1, 0.15) is 0 Å². The summed E-state index contributed by atoms with van der Waals surface area (Å²) in [6.45, 7) is 7.27. The van der Waals surface area contributed by atoms with Crippen LogP contribution in [0.2, 0.25) is 0 Å². The molecule has 0 N–H and O–H groups in total. The number of rotatable bonds is 13. The lowest BCUT2D eigenvalue weighted by atomic mass is 9.76. The first-order valence-corrected chi connectivity index (χ1v) is 19.2. The number of aromatic nitrogens is 3. The molecule has 7 rings (SSSR count). The quantitative estimate of drug-likeness (QED) is 0.0734. The SMILES string of the molecule is CCc1c(OC)c(OC)cc(C(=O)N2CCC(CCN3CCC(C(=O)c4nc5ccccc5n4Cc4ccccn4)CC3)(c3ccccc3)C2)c1OC(C)=O. The van der Waals surface area contributed by atoms with E-state index in [2.05, 4.69) is 34.1 Å². The number of fused-ring (bicyclic) bond motifs is 1. The summed E-state index contributed by atoms with van der Waals surface area (Å²) in [5, 5.41) is 0. The number of piperidine rings is 1. The molecular formula is C44H49N5O6. The summed E-state index contributed by atoms with van der Waals surface area (Å²) in [5.74, 6) is 0.848. The van der Waals surface area contributed by atoms with Gasteiger partial charge < -0.3 is 28.6 Å². The van der Waals surface area contributed by atoms with Crippen molar-refractivity contribution in [1.82, 2.24) is 24.3 Å². The third kappa shape index (κ3) is 7.71. The summed E-state index contributed by atoms with van der Waals surface area (Å²) in [6, 6.07) is 25.8. The van der Waals surface area contributed by atoms with E-state index in [1.54, 1.807) is 12.3 Å². The van der Waals surface area contributed by atoms with Crippen molar-refractivity contribution in [1.29, 1.82) is 0 Å². The molecule has 1 amide bonds. The average molecular weight is 744 g/mol. The Morgan fingerprint density at radius 1 is 0.891 bits per heavy atom. The zero-order valence-corrected chi connectivity index (χ0v) is 32.1. The van der Waals surface area contributed by atoms with Gasteiger partial charge in [0.2, 0.25) is 5.78 Å². The lowest BCUT2D eigenvalue weighted by Crippen LogP contribution is -2.41. The number of benzene rings is 3. The summed E-state index contributed by atoms with van der Waals surface area (Å²) < 4.78 is 19.0. The molecule has 2 fully saturated rings. The second kappa shape index (κ2) is 16.4. The molecule has 2 aliphatic heterocycles. The minimum Gasteiger partial charge on any atom is -0.493 e. The molecule has 0 radical (unpaired) electrons. The number of para-hydroxylation sites is 2. The summed E-state index contributed by atoms with van der Waals surface area (Å²) >= 11 is 0. The molecule has 3 aromatic carbocycles. The number of nitrogens with zero attached hydrogens (tertiary/aromatic N) is 5. The van der Waals surface area contributed by atoms with E-state index in [1.165, 1.54) is 26.7 Å².